The minimum Gasteiger partial charge on any atom is -0.454 e. The smallest absolute Gasteiger partial charge is 0.339 e. The number of allylic oxidation sites excluding steroid dienone is 2. The number of hydrogen-bond acceptors (Lipinski definition) is 6. The molecule has 0 amide bonds. The summed E-state index contributed by atoms with van der Waals surface area (Å²) in [5.41, 5.74) is 4.34. The third kappa shape index (κ3) is 3.42. The standard InChI is InChI=1S/C28H20N4O4/c1-17-21-15-19(16-29-27(21)31(30-17)22-12-6-7-13-23(22)32(34)35)25-20-11-5-8-14-24(20)36-28(33)26(25)18-9-3-2-4-10-18/h2-16,20,24H,1H3. The second-order valence-corrected chi connectivity index (χ2v) is 8.66. The van der Waals surface area contributed by atoms with Crippen LogP contribution in [0.25, 0.3) is 27.9 Å². The van der Waals surface area contributed by atoms with E-state index in [1.165, 1.54) is 10.7 Å². The lowest BCUT2D eigenvalue weighted by molar-refractivity contribution is -0.384. The summed E-state index contributed by atoms with van der Waals surface area (Å²) in [6.07, 6.45) is 9.04. The molecule has 2 aliphatic rings. The van der Waals surface area contributed by atoms with Gasteiger partial charge in [-0.3, -0.25) is 10.1 Å². The molecule has 0 N–H and O–H groups in total. The van der Waals surface area contributed by atoms with Crippen molar-refractivity contribution >= 4 is 33.8 Å². The third-order valence-corrected chi connectivity index (χ3v) is 6.52. The maximum Gasteiger partial charge on any atom is 0.339 e. The van der Waals surface area contributed by atoms with Crippen LogP contribution in [-0.2, 0) is 9.53 Å². The molecule has 0 fully saturated rings. The number of ether oxygens (including phenoxy) is 1. The monoisotopic (exact) mass is 476 g/mol. The van der Waals surface area contributed by atoms with Crippen molar-refractivity contribution in [3.05, 3.63) is 118 Å². The fourth-order valence-electron chi connectivity index (χ4n) is 4.89. The van der Waals surface area contributed by atoms with Gasteiger partial charge in [-0.2, -0.15) is 5.10 Å². The number of nitrogens with zero attached hydrogens (tertiary/aromatic N) is 4. The Morgan fingerprint density at radius 3 is 2.56 bits per heavy atom. The van der Waals surface area contributed by atoms with Gasteiger partial charge in [-0.1, -0.05) is 60.7 Å². The summed E-state index contributed by atoms with van der Waals surface area (Å²) in [5.74, 6) is -0.558. The number of carbonyl (C=O) groups is 1. The highest BCUT2D eigenvalue weighted by molar-refractivity contribution is 6.26. The Labute approximate surface area is 206 Å². The Kier molecular flexibility index (Phi) is 5.07. The van der Waals surface area contributed by atoms with E-state index in [9.17, 15) is 14.9 Å². The molecule has 8 nitrogen and oxygen atoms in total. The van der Waals surface area contributed by atoms with E-state index in [1.54, 1.807) is 24.4 Å². The molecule has 0 saturated carbocycles. The van der Waals surface area contributed by atoms with Crippen molar-refractivity contribution in [3.8, 4) is 5.69 Å². The van der Waals surface area contributed by atoms with Crippen molar-refractivity contribution in [2.45, 2.75) is 13.0 Å². The number of fused-ring (bicyclic) bond motifs is 2. The van der Waals surface area contributed by atoms with E-state index in [4.69, 9.17) is 9.72 Å². The Morgan fingerprint density at radius 2 is 1.75 bits per heavy atom. The van der Waals surface area contributed by atoms with Crippen molar-refractivity contribution in [3.63, 3.8) is 0 Å². The number of hydrogen-bond donors (Lipinski definition) is 0. The quantitative estimate of drug-likeness (QED) is 0.228. The molecule has 1 aliphatic heterocycles. The molecular weight excluding hydrogens is 456 g/mol. The second-order valence-electron chi connectivity index (χ2n) is 8.66. The summed E-state index contributed by atoms with van der Waals surface area (Å²) >= 11 is 0. The topological polar surface area (TPSA) is 100 Å². The number of nitro benzene ring substituents is 1. The van der Waals surface area contributed by atoms with Crippen LogP contribution in [0.2, 0.25) is 0 Å². The lowest BCUT2D eigenvalue weighted by Crippen LogP contribution is -2.32. The van der Waals surface area contributed by atoms with E-state index in [1.807, 2.05) is 67.6 Å². The average Bonchev–Trinajstić information content (AvgIpc) is 3.23. The Hall–Kier alpha value is -4.85. The van der Waals surface area contributed by atoms with Crippen LogP contribution in [0.15, 0.2) is 91.2 Å². The predicted octanol–water partition coefficient (Wildman–Crippen LogP) is 5.22. The summed E-state index contributed by atoms with van der Waals surface area (Å²) in [7, 11) is 0. The predicted molar refractivity (Wildman–Crippen MR) is 135 cm³/mol. The minimum absolute atomic E-state index is 0.0566. The zero-order chi connectivity index (χ0) is 24.8. The van der Waals surface area contributed by atoms with Gasteiger partial charge in [-0.15, -0.1) is 0 Å². The van der Waals surface area contributed by atoms with Gasteiger partial charge < -0.3 is 4.74 Å². The van der Waals surface area contributed by atoms with Crippen LogP contribution in [0, 0.1) is 23.0 Å². The first kappa shape index (κ1) is 21.7. The summed E-state index contributed by atoms with van der Waals surface area (Å²) in [6, 6.07) is 17.9. The van der Waals surface area contributed by atoms with Crippen LogP contribution in [0.3, 0.4) is 0 Å². The largest absolute Gasteiger partial charge is 0.454 e. The number of aryl methyl sites for hydroxylation is 1. The molecule has 6 rings (SSSR count). The molecule has 1 aliphatic carbocycles. The van der Waals surface area contributed by atoms with Crippen LogP contribution in [-0.4, -0.2) is 31.8 Å². The second kappa shape index (κ2) is 8.42. The van der Waals surface area contributed by atoms with Crippen LogP contribution < -0.4 is 0 Å². The molecule has 0 saturated heterocycles. The lowest BCUT2D eigenvalue weighted by atomic mass is 9.79. The first-order chi connectivity index (χ1) is 17.5. The molecule has 176 valence electrons. The van der Waals surface area contributed by atoms with Crippen LogP contribution >= 0.6 is 0 Å². The van der Waals surface area contributed by atoms with Gasteiger partial charge in [0, 0.05) is 23.6 Å². The molecule has 0 radical (unpaired) electrons. The number of benzene rings is 2. The van der Waals surface area contributed by atoms with Gasteiger partial charge in [-0.25, -0.2) is 14.5 Å². The van der Waals surface area contributed by atoms with Crippen LogP contribution in [0.5, 0.6) is 0 Å². The molecule has 4 aromatic rings. The molecule has 0 spiro atoms. The van der Waals surface area contributed by atoms with Crippen molar-refractivity contribution in [2.75, 3.05) is 0 Å². The number of para-hydroxylation sites is 2. The highest BCUT2D eigenvalue weighted by Crippen LogP contribution is 2.42. The fourth-order valence-corrected chi connectivity index (χ4v) is 4.89. The maximum atomic E-state index is 13.2. The Bertz CT molecular complexity index is 1630. The van der Waals surface area contributed by atoms with E-state index in [0.717, 1.165) is 22.1 Å². The molecule has 2 aromatic heterocycles. The first-order valence-electron chi connectivity index (χ1n) is 11.5. The minimum atomic E-state index is -0.430. The molecule has 3 heterocycles. The van der Waals surface area contributed by atoms with E-state index >= 15 is 0 Å². The van der Waals surface area contributed by atoms with Gasteiger partial charge in [0.05, 0.1) is 16.2 Å². The van der Waals surface area contributed by atoms with Crippen molar-refractivity contribution in [1.29, 1.82) is 0 Å². The number of nitro groups is 1. The summed E-state index contributed by atoms with van der Waals surface area (Å²) in [6.45, 7) is 1.84. The van der Waals surface area contributed by atoms with E-state index in [-0.39, 0.29) is 17.6 Å². The van der Waals surface area contributed by atoms with Crippen molar-refractivity contribution in [2.24, 2.45) is 5.92 Å². The fraction of sp³-hybridized carbons (Fsp3) is 0.107. The molecule has 2 aromatic carbocycles. The number of aromatic nitrogens is 3. The van der Waals surface area contributed by atoms with Gasteiger partial charge in [0.25, 0.3) is 5.69 Å². The summed E-state index contributed by atoms with van der Waals surface area (Å²) in [5, 5.41) is 16.9. The van der Waals surface area contributed by atoms with Gasteiger partial charge in [0.15, 0.2) is 5.65 Å². The average molecular weight is 476 g/mol. The van der Waals surface area contributed by atoms with E-state index in [0.29, 0.717) is 22.6 Å². The number of rotatable bonds is 4. The SMILES string of the molecule is Cc1nn(-c2ccccc2[N+](=O)[O-])c2ncc(C3=C(c4ccccc4)C(=O)OC4C=CC=CC34)cc12. The van der Waals surface area contributed by atoms with Gasteiger partial charge in [0.2, 0.25) is 0 Å². The van der Waals surface area contributed by atoms with Gasteiger partial charge in [0.1, 0.15) is 11.8 Å². The van der Waals surface area contributed by atoms with Crippen molar-refractivity contribution in [1.82, 2.24) is 14.8 Å². The normalized spacial score (nSPS) is 18.9. The Balaban J connectivity index is 1.58. The van der Waals surface area contributed by atoms with E-state index < -0.39 is 11.0 Å². The number of carbonyl (C=O) groups excluding carboxylic acids is 1. The summed E-state index contributed by atoms with van der Waals surface area (Å²) < 4.78 is 7.28. The van der Waals surface area contributed by atoms with Crippen molar-refractivity contribution < 1.29 is 14.5 Å². The molecule has 0 bridgehead atoms. The number of esters is 1. The lowest BCUT2D eigenvalue weighted by Gasteiger charge is -2.33. The molecule has 2 unspecified atom stereocenters. The number of pyridine rings is 1. The van der Waals surface area contributed by atoms with Crippen LogP contribution in [0.1, 0.15) is 16.8 Å². The Morgan fingerprint density at radius 1 is 1.00 bits per heavy atom. The first-order valence-corrected chi connectivity index (χ1v) is 11.5. The van der Waals surface area contributed by atoms with Gasteiger partial charge in [-0.05, 0) is 41.8 Å². The molecule has 36 heavy (non-hydrogen) atoms. The van der Waals surface area contributed by atoms with Gasteiger partial charge >= 0.3 is 5.97 Å². The molecule has 2 atom stereocenters. The zero-order valence-corrected chi connectivity index (χ0v) is 19.2. The molecular formula is C28H20N4O4. The highest BCUT2D eigenvalue weighted by atomic mass is 16.6. The maximum absolute atomic E-state index is 13.2. The summed E-state index contributed by atoms with van der Waals surface area (Å²) in [4.78, 5) is 29.1. The molecule has 8 heteroatoms. The zero-order valence-electron chi connectivity index (χ0n) is 19.2. The third-order valence-electron chi connectivity index (χ3n) is 6.52. The van der Waals surface area contributed by atoms with E-state index in [2.05, 4.69) is 5.10 Å². The van der Waals surface area contributed by atoms with Crippen LogP contribution in [0.4, 0.5) is 5.69 Å². The highest BCUT2D eigenvalue weighted by Gasteiger charge is 2.37.